The van der Waals surface area contributed by atoms with E-state index in [4.69, 9.17) is 16.3 Å². The molecule has 0 unspecified atom stereocenters. The van der Waals surface area contributed by atoms with Crippen molar-refractivity contribution in [3.8, 4) is 0 Å². The summed E-state index contributed by atoms with van der Waals surface area (Å²) < 4.78 is 4.82. The van der Waals surface area contributed by atoms with Crippen molar-refractivity contribution in [2.24, 2.45) is 0 Å². The van der Waals surface area contributed by atoms with Crippen LogP contribution in [0.3, 0.4) is 0 Å². The number of esters is 1. The smallest absolute Gasteiger partial charge is 0.325 e. The van der Waals surface area contributed by atoms with Gasteiger partial charge in [0.05, 0.1) is 6.61 Å². The first kappa shape index (κ1) is 15.2. The molecule has 0 aliphatic rings. The zero-order chi connectivity index (χ0) is 14.3. The maximum atomic E-state index is 12.2. The number of amides is 1. The summed E-state index contributed by atoms with van der Waals surface area (Å²) in [5.41, 5.74) is 0.367. The highest BCUT2D eigenvalue weighted by molar-refractivity contribution is 6.29. The van der Waals surface area contributed by atoms with Gasteiger partial charge in [0.1, 0.15) is 11.7 Å². The molecule has 1 aromatic rings. The summed E-state index contributed by atoms with van der Waals surface area (Å²) in [6.07, 6.45) is 2.98. The topological polar surface area (TPSA) is 59.5 Å². The van der Waals surface area contributed by atoms with Crippen molar-refractivity contribution in [1.29, 1.82) is 0 Å². The van der Waals surface area contributed by atoms with Gasteiger partial charge in [-0.05, 0) is 19.1 Å². The molecule has 0 radical (unpaired) electrons. The van der Waals surface area contributed by atoms with E-state index in [1.807, 2.05) is 0 Å². The summed E-state index contributed by atoms with van der Waals surface area (Å²) in [5, 5.41) is 0.223. The zero-order valence-electron chi connectivity index (χ0n) is 10.6. The first-order valence-corrected chi connectivity index (χ1v) is 6.13. The lowest BCUT2D eigenvalue weighted by Gasteiger charge is -2.20. The molecule has 1 aromatic heterocycles. The maximum Gasteiger partial charge on any atom is 0.325 e. The molecular formula is C13H15ClN2O3. The molecule has 0 saturated carbocycles. The summed E-state index contributed by atoms with van der Waals surface area (Å²) in [4.78, 5) is 28.8. The first-order valence-electron chi connectivity index (χ1n) is 5.75. The van der Waals surface area contributed by atoms with Crippen molar-refractivity contribution in [2.45, 2.75) is 6.92 Å². The van der Waals surface area contributed by atoms with E-state index in [0.29, 0.717) is 5.56 Å². The van der Waals surface area contributed by atoms with Crippen molar-refractivity contribution in [2.75, 3.05) is 19.7 Å². The van der Waals surface area contributed by atoms with Crippen molar-refractivity contribution in [1.82, 2.24) is 9.88 Å². The normalized spacial score (nSPS) is 9.79. The molecule has 0 saturated heterocycles. The second kappa shape index (κ2) is 7.53. The molecule has 0 N–H and O–H groups in total. The van der Waals surface area contributed by atoms with Crippen LogP contribution in [0.5, 0.6) is 0 Å². The molecule has 19 heavy (non-hydrogen) atoms. The molecule has 0 spiro atoms. The number of ether oxygens (including phenoxy) is 1. The van der Waals surface area contributed by atoms with E-state index in [0.717, 1.165) is 0 Å². The van der Waals surface area contributed by atoms with Gasteiger partial charge < -0.3 is 9.64 Å². The van der Waals surface area contributed by atoms with E-state index < -0.39 is 5.97 Å². The Labute approximate surface area is 116 Å². The third kappa shape index (κ3) is 4.71. The van der Waals surface area contributed by atoms with Gasteiger partial charge in [-0.2, -0.15) is 0 Å². The first-order chi connectivity index (χ1) is 9.08. The van der Waals surface area contributed by atoms with Crippen LogP contribution in [0.1, 0.15) is 17.3 Å². The summed E-state index contributed by atoms with van der Waals surface area (Å²) in [6, 6.07) is 2.99. The van der Waals surface area contributed by atoms with E-state index in [9.17, 15) is 9.59 Å². The van der Waals surface area contributed by atoms with Gasteiger partial charge in [-0.1, -0.05) is 17.7 Å². The molecule has 0 fully saturated rings. The predicted octanol–water partition coefficient (Wildman–Crippen LogP) is 1.93. The van der Waals surface area contributed by atoms with Gasteiger partial charge in [-0.15, -0.1) is 6.58 Å². The standard InChI is InChI=1S/C13H15ClN2O3/c1-3-7-16(9-12(17)19-4-2)13(18)10-5-6-15-11(14)8-10/h3,5-6,8H,1,4,7,9H2,2H3. The van der Waals surface area contributed by atoms with Crippen LogP contribution < -0.4 is 0 Å². The number of hydrogen-bond acceptors (Lipinski definition) is 4. The Balaban J connectivity index is 2.83. The fraction of sp³-hybridized carbons (Fsp3) is 0.308. The SMILES string of the molecule is C=CCN(CC(=O)OCC)C(=O)c1ccnc(Cl)c1. The van der Waals surface area contributed by atoms with Gasteiger partial charge in [-0.3, -0.25) is 9.59 Å². The Morgan fingerprint density at radius 1 is 1.58 bits per heavy atom. The highest BCUT2D eigenvalue weighted by Crippen LogP contribution is 2.10. The van der Waals surface area contributed by atoms with Gasteiger partial charge in [-0.25, -0.2) is 4.98 Å². The van der Waals surface area contributed by atoms with E-state index in [1.54, 1.807) is 13.0 Å². The van der Waals surface area contributed by atoms with Crippen LogP contribution in [-0.4, -0.2) is 41.5 Å². The van der Waals surface area contributed by atoms with Crippen LogP contribution >= 0.6 is 11.6 Å². The van der Waals surface area contributed by atoms with E-state index >= 15 is 0 Å². The number of hydrogen-bond donors (Lipinski definition) is 0. The van der Waals surface area contributed by atoms with Crippen molar-refractivity contribution in [3.05, 3.63) is 41.7 Å². The lowest BCUT2D eigenvalue weighted by molar-refractivity contribution is -0.143. The fourth-order valence-electron chi connectivity index (χ4n) is 1.46. The Morgan fingerprint density at radius 3 is 2.89 bits per heavy atom. The third-order valence-corrected chi connectivity index (χ3v) is 2.44. The second-order valence-electron chi connectivity index (χ2n) is 3.65. The minimum absolute atomic E-state index is 0.126. The van der Waals surface area contributed by atoms with Gasteiger partial charge >= 0.3 is 5.97 Å². The highest BCUT2D eigenvalue weighted by atomic mass is 35.5. The average molecular weight is 283 g/mol. The Kier molecular flexibility index (Phi) is 6.02. The molecule has 1 amide bonds. The molecule has 5 nitrogen and oxygen atoms in total. The predicted molar refractivity (Wildman–Crippen MR) is 72.0 cm³/mol. The summed E-state index contributed by atoms with van der Waals surface area (Å²) in [6.45, 7) is 5.67. The lowest BCUT2D eigenvalue weighted by atomic mass is 10.2. The Bertz CT molecular complexity index is 477. The van der Waals surface area contributed by atoms with Crippen LogP contribution in [0, 0.1) is 0 Å². The van der Waals surface area contributed by atoms with Crippen molar-refractivity contribution < 1.29 is 14.3 Å². The minimum atomic E-state index is -0.460. The molecule has 0 atom stereocenters. The van der Waals surface area contributed by atoms with Crippen LogP contribution in [-0.2, 0) is 9.53 Å². The lowest BCUT2D eigenvalue weighted by Crippen LogP contribution is -2.36. The zero-order valence-corrected chi connectivity index (χ0v) is 11.4. The number of rotatable bonds is 6. The third-order valence-electron chi connectivity index (χ3n) is 2.24. The highest BCUT2D eigenvalue weighted by Gasteiger charge is 2.18. The van der Waals surface area contributed by atoms with Gasteiger partial charge in [0, 0.05) is 18.3 Å². The number of pyridine rings is 1. The molecule has 0 aromatic carbocycles. The molecule has 0 aliphatic heterocycles. The summed E-state index contributed by atoms with van der Waals surface area (Å²) in [7, 11) is 0. The fourth-order valence-corrected chi connectivity index (χ4v) is 1.63. The van der Waals surface area contributed by atoms with Crippen molar-refractivity contribution >= 4 is 23.5 Å². The van der Waals surface area contributed by atoms with Gasteiger partial charge in [0.2, 0.25) is 0 Å². The van der Waals surface area contributed by atoms with Crippen LogP contribution in [0.2, 0.25) is 5.15 Å². The van der Waals surface area contributed by atoms with E-state index in [1.165, 1.54) is 23.2 Å². The largest absolute Gasteiger partial charge is 0.465 e. The maximum absolute atomic E-state index is 12.2. The number of halogens is 1. The summed E-state index contributed by atoms with van der Waals surface area (Å²) >= 11 is 5.73. The molecular weight excluding hydrogens is 268 g/mol. The average Bonchev–Trinajstić information content (AvgIpc) is 2.37. The Hall–Kier alpha value is -1.88. The quantitative estimate of drug-likeness (QED) is 0.454. The van der Waals surface area contributed by atoms with Crippen LogP contribution in [0.4, 0.5) is 0 Å². The molecule has 1 heterocycles. The molecule has 0 aliphatic carbocycles. The molecule has 102 valence electrons. The Morgan fingerprint density at radius 2 is 2.32 bits per heavy atom. The van der Waals surface area contributed by atoms with Gasteiger partial charge in [0.25, 0.3) is 5.91 Å². The molecule has 1 rings (SSSR count). The minimum Gasteiger partial charge on any atom is -0.465 e. The number of carbonyl (C=O) groups excluding carboxylic acids is 2. The monoisotopic (exact) mass is 282 g/mol. The van der Waals surface area contributed by atoms with Crippen LogP contribution in [0.15, 0.2) is 31.0 Å². The second-order valence-corrected chi connectivity index (χ2v) is 4.03. The van der Waals surface area contributed by atoms with Crippen molar-refractivity contribution in [3.63, 3.8) is 0 Å². The molecule has 6 heteroatoms. The number of aromatic nitrogens is 1. The summed E-state index contributed by atoms with van der Waals surface area (Å²) in [5.74, 6) is -0.782. The molecule has 0 bridgehead atoms. The number of carbonyl (C=O) groups is 2. The van der Waals surface area contributed by atoms with Gasteiger partial charge in [0.15, 0.2) is 0 Å². The van der Waals surface area contributed by atoms with Crippen LogP contribution in [0.25, 0.3) is 0 Å². The number of nitrogens with zero attached hydrogens (tertiary/aromatic N) is 2. The van der Waals surface area contributed by atoms with E-state index in [2.05, 4.69) is 11.6 Å². The van der Waals surface area contributed by atoms with E-state index in [-0.39, 0.29) is 30.8 Å².